The number of nitrogens with zero attached hydrogens (tertiary/aromatic N) is 1. The van der Waals surface area contributed by atoms with Gasteiger partial charge in [0.15, 0.2) is 0 Å². The number of nitrogens with one attached hydrogen (secondary N) is 2. The summed E-state index contributed by atoms with van der Waals surface area (Å²) in [6.07, 6.45) is 9.33. The highest BCUT2D eigenvalue weighted by molar-refractivity contribution is 5.91. The SMILES string of the molecule is CC(C)(C)CC1O[C@@H](n2cc(/C=C/C(=O)NCCCCCCN)c(=O)[nH]c2=O)C[C@H]1C(C)(C)C. The fraction of sp³-hybridized carbons (Fsp3) is 0.731. The smallest absolute Gasteiger partial charge is 0.330 e. The zero-order chi connectivity index (χ0) is 25.5. The number of carbonyl (C=O) groups is 1. The second kappa shape index (κ2) is 12.0. The maximum absolute atomic E-state index is 12.6. The highest BCUT2D eigenvalue weighted by Gasteiger charge is 2.44. The molecule has 1 aliphatic rings. The van der Waals surface area contributed by atoms with Gasteiger partial charge in [-0.3, -0.25) is 19.1 Å². The molecule has 1 aromatic rings. The van der Waals surface area contributed by atoms with Crippen LogP contribution in [-0.4, -0.2) is 34.7 Å². The first-order valence-electron chi connectivity index (χ1n) is 12.5. The van der Waals surface area contributed by atoms with Crippen molar-refractivity contribution < 1.29 is 9.53 Å². The van der Waals surface area contributed by atoms with Crippen molar-refractivity contribution in [3.63, 3.8) is 0 Å². The molecule has 1 aromatic heterocycles. The first kappa shape index (κ1) is 28.1. The molecule has 4 N–H and O–H groups in total. The number of carbonyl (C=O) groups excluding carboxylic acids is 1. The molecule has 192 valence electrons. The average Bonchev–Trinajstić information content (AvgIpc) is 3.12. The number of rotatable bonds is 10. The van der Waals surface area contributed by atoms with E-state index in [0.717, 1.165) is 32.1 Å². The number of ether oxygens (including phenoxy) is 1. The molecule has 3 atom stereocenters. The third-order valence-electron chi connectivity index (χ3n) is 6.31. The first-order chi connectivity index (χ1) is 15.8. The number of amides is 1. The van der Waals surface area contributed by atoms with E-state index >= 15 is 0 Å². The summed E-state index contributed by atoms with van der Waals surface area (Å²) in [6.45, 7) is 14.4. The van der Waals surface area contributed by atoms with Gasteiger partial charge in [-0.25, -0.2) is 4.79 Å². The Kier molecular flexibility index (Phi) is 9.88. The minimum atomic E-state index is -0.524. The van der Waals surface area contributed by atoms with E-state index in [2.05, 4.69) is 51.8 Å². The largest absolute Gasteiger partial charge is 0.354 e. The van der Waals surface area contributed by atoms with Crippen LogP contribution in [0.25, 0.3) is 6.08 Å². The average molecular weight is 477 g/mol. The van der Waals surface area contributed by atoms with E-state index in [9.17, 15) is 14.4 Å². The van der Waals surface area contributed by atoms with Crippen molar-refractivity contribution in [2.45, 2.75) is 92.4 Å². The Morgan fingerprint density at radius 1 is 1.18 bits per heavy atom. The molecule has 34 heavy (non-hydrogen) atoms. The summed E-state index contributed by atoms with van der Waals surface area (Å²) in [4.78, 5) is 39.5. The maximum Gasteiger partial charge on any atom is 0.330 e. The number of hydrogen-bond donors (Lipinski definition) is 3. The van der Waals surface area contributed by atoms with Gasteiger partial charge in [0.05, 0.1) is 11.7 Å². The Balaban J connectivity index is 2.13. The Morgan fingerprint density at radius 2 is 1.85 bits per heavy atom. The summed E-state index contributed by atoms with van der Waals surface area (Å²) >= 11 is 0. The molecule has 0 saturated carbocycles. The molecule has 0 aromatic carbocycles. The Bertz CT molecular complexity index is 949. The van der Waals surface area contributed by atoms with Crippen LogP contribution in [0.2, 0.25) is 0 Å². The van der Waals surface area contributed by atoms with E-state index < -0.39 is 17.5 Å². The highest BCUT2D eigenvalue weighted by atomic mass is 16.5. The van der Waals surface area contributed by atoms with Gasteiger partial charge in [-0.2, -0.15) is 0 Å². The van der Waals surface area contributed by atoms with Crippen LogP contribution in [0.4, 0.5) is 0 Å². The molecule has 1 saturated heterocycles. The Morgan fingerprint density at radius 3 is 2.47 bits per heavy atom. The van der Waals surface area contributed by atoms with Crippen LogP contribution < -0.4 is 22.3 Å². The predicted octanol–water partition coefficient (Wildman–Crippen LogP) is 3.57. The summed E-state index contributed by atoms with van der Waals surface area (Å²) in [5.74, 6) is -0.00342. The van der Waals surface area contributed by atoms with Crippen LogP contribution in [0.3, 0.4) is 0 Å². The van der Waals surface area contributed by atoms with Crippen molar-refractivity contribution in [2.24, 2.45) is 22.5 Å². The molecule has 8 nitrogen and oxygen atoms in total. The fourth-order valence-corrected chi connectivity index (χ4v) is 4.50. The summed E-state index contributed by atoms with van der Waals surface area (Å²) in [5.41, 5.74) is 4.80. The van der Waals surface area contributed by atoms with E-state index in [1.165, 1.54) is 22.9 Å². The van der Waals surface area contributed by atoms with E-state index in [0.29, 0.717) is 19.5 Å². The van der Waals surface area contributed by atoms with Crippen LogP contribution in [-0.2, 0) is 9.53 Å². The fourth-order valence-electron chi connectivity index (χ4n) is 4.50. The predicted molar refractivity (Wildman–Crippen MR) is 136 cm³/mol. The first-order valence-corrected chi connectivity index (χ1v) is 12.5. The number of aromatic amines is 1. The number of nitrogens with two attached hydrogens (primary N) is 1. The second-order valence-electron chi connectivity index (χ2n) is 11.7. The van der Waals surface area contributed by atoms with Crippen LogP contribution >= 0.6 is 0 Å². The second-order valence-corrected chi connectivity index (χ2v) is 11.7. The van der Waals surface area contributed by atoms with E-state index in [4.69, 9.17) is 10.5 Å². The van der Waals surface area contributed by atoms with Crippen LogP contribution in [0.15, 0.2) is 21.9 Å². The van der Waals surface area contributed by atoms with E-state index in [1.54, 1.807) is 0 Å². The Hall–Kier alpha value is -2.19. The summed E-state index contributed by atoms with van der Waals surface area (Å²) in [5, 5.41) is 2.82. The van der Waals surface area contributed by atoms with E-state index in [1.807, 2.05) is 0 Å². The summed E-state index contributed by atoms with van der Waals surface area (Å²) < 4.78 is 7.84. The van der Waals surface area contributed by atoms with Gasteiger partial charge in [-0.15, -0.1) is 0 Å². The molecule has 1 unspecified atom stereocenters. The number of aromatic nitrogens is 2. The quantitative estimate of drug-likeness (QED) is 0.352. The third kappa shape index (κ3) is 8.55. The van der Waals surface area contributed by atoms with Gasteiger partial charge >= 0.3 is 5.69 Å². The minimum Gasteiger partial charge on any atom is -0.354 e. The molecule has 0 aliphatic carbocycles. The van der Waals surface area contributed by atoms with Crippen molar-refractivity contribution in [1.82, 2.24) is 14.9 Å². The van der Waals surface area contributed by atoms with Crippen LogP contribution in [0.5, 0.6) is 0 Å². The van der Waals surface area contributed by atoms with Gasteiger partial charge in [0, 0.05) is 18.8 Å². The zero-order valence-electron chi connectivity index (χ0n) is 21.8. The number of H-pyrrole nitrogens is 1. The molecular weight excluding hydrogens is 432 g/mol. The maximum atomic E-state index is 12.6. The molecule has 1 aliphatic heterocycles. The van der Waals surface area contributed by atoms with Gasteiger partial charge < -0.3 is 15.8 Å². The molecule has 0 spiro atoms. The standard InChI is InChI=1S/C26H44N4O4/c1-25(2,3)16-20-19(26(4,5)6)15-22(34-20)30-17-18(23(32)29-24(30)33)11-12-21(31)28-14-10-8-7-9-13-27/h11-12,17,19-20,22H,7-10,13-16,27H2,1-6H3,(H,28,31)(H,29,32,33)/b12-11+/t19-,20?,22-/m1/s1. The lowest BCUT2D eigenvalue weighted by atomic mass is 9.73. The molecular formula is C26H44N4O4. The Labute approximate surface area is 203 Å². The topological polar surface area (TPSA) is 119 Å². The molecule has 1 fully saturated rings. The lowest BCUT2D eigenvalue weighted by Crippen LogP contribution is -2.33. The highest BCUT2D eigenvalue weighted by Crippen LogP contribution is 2.46. The molecule has 2 rings (SSSR count). The van der Waals surface area contributed by atoms with Gasteiger partial charge in [0.1, 0.15) is 6.23 Å². The molecule has 0 bridgehead atoms. The van der Waals surface area contributed by atoms with Crippen molar-refractivity contribution >= 4 is 12.0 Å². The minimum absolute atomic E-state index is 0.0125. The third-order valence-corrected chi connectivity index (χ3v) is 6.31. The normalized spacial score (nSPS) is 21.3. The molecule has 1 amide bonds. The van der Waals surface area contributed by atoms with Crippen LogP contribution in [0.1, 0.15) is 91.9 Å². The lowest BCUT2D eigenvalue weighted by Gasteiger charge is -2.33. The van der Waals surface area contributed by atoms with Gasteiger partial charge in [-0.1, -0.05) is 54.4 Å². The van der Waals surface area contributed by atoms with Gasteiger partial charge in [0.25, 0.3) is 5.56 Å². The van der Waals surface area contributed by atoms with Crippen molar-refractivity contribution in [3.05, 3.63) is 38.7 Å². The van der Waals surface area contributed by atoms with Crippen molar-refractivity contribution in [3.8, 4) is 0 Å². The number of unbranched alkanes of at least 4 members (excludes halogenated alkanes) is 3. The molecule has 8 heteroatoms. The lowest BCUT2D eigenvalue weighted by molar-refractivity contribution is -0.116. The summed E-state index contributed by atoms with van der Waals surface area (Å²) in [6, 6.07) is 0. The van der Waals surface area contributed by atoms with E-state index in [-0.39, 0.29) is 34.3 Å². The molecule has 0 radical (unpaired) electrons. The van der Waals surface area contributed by atoms with Gasteiger partial charge in [0.2, 0.25) is 5.91 Å². The summed E-state index contributed by atoms with van der Waals surface area (Å²) in [7, 11) is 0. The zero-order valence-corrected chi connectivity index (χ0v) is 21.8. The molecule has 2 heterocycles. The van der Waals surface area contributed by atoms with Gasteiger partial charge in [-0.05, 0) is 55.1 Å². The monoisotopic (exact) mass is 476 g/mol. The van der Waals surface area contributed by atoms with Crippen molar-refractivity contribution in [1.29, 1.82) is 0 Å². The van der Waals surface area contributed by atoms with Crippen molar-refractivity contribution in [2.75, 3.05) is 13.1 Å². The number of hydrogen-bond acceptors (Lipinski definition) is 5. The van der Waals surface area contributed by atoms with Crippen LogP contribution in [0, 0.1) is 16.7 Å².